The first-order valence-electron chi connectivity index (χ1n) is 6.55. The summed E-state index contributed by atoms with van der Waals surface area (Å²) in [6.45, 7) is 0.872. The van der Waals surface area contributed by atoms with Crippen LogP contribution in [0.2, 0.25) is 0 Å². The van der Waals surface area contributed by atoms with E-state index in [1.807, 2.05) is 0 Å². The minimum absolute atomic E-state index is 0.178. The molecule has 1 aromatic carbocycles. The van der Waals surface area contributed by atoms with Crippen LogP contribution in [0.25, 0.3) is 0 Å². The second kappa shape index (κ2) is 8.82. The molecule has 0 atom stereocenters. The summed E-state index contributed by atoms with van der Waals surface area (Å²) in [6, 6.07) is 2.56. The Morgan fingerprint density at radius 2 is 1.74 bits per heavy atom. The molecular formula is C14H21F2NO2. The van der Waals surface area contributed by atoms with Gasteiger partial charge in [-0.2, -0.15) is 0 Å². The van der Waals surface area contributed by atoms with Crippen LogP contribution in [0.1, 0.15) is 31.2 Å². The quantitative estimate of drug-likeness (QED) is 0.680. The third-order valence-corrected chi connectivity index (χ3v) is 2.74. The van der Waals surface area contributed by atoms with Crippen LogP contribution in [0.4, 0.5) is 8.78 Å². The summed E-state index contributed by atoms with van der Waals surface area (Å²) in [5.41, 5.74) is 0.549. The molecule has 0 fully saturated rings. The molecule has 19 heavy (non-hydrogen) atoms. The lowest BCUT2D eigenvalue weighted by Crippen LogP contribution is -2.07. The van der Waals surface area contributed by atoms with Crippen LogP contribution in [0.5, 0.6) is 5.75 Å². The predicted molar refractivity (Wildman–Crippen MR) is 70.2 cm³/mol. The zero-order chi connectivity index (χ0) is 14.1. The molecule has 1 rings (SSSR count). The summed E-state index contributed by atoms with van der Waals surface area (Å²) in [7, 11) is 1.71. The number of hydrogen-bond acceptors (Lipinski definition) is 3. The average molecular weight is 273 g/mol. The minimum atomic E-state index is -0.666. The number of halogens is 2. The third kappa shape index (κ3) is 5.53. The third-order valence-electron chi connectivity index (χ3n) is 2.74. The molecule has 108 valence electrons. The van der Waals surface area contributed by atoms with E-state index >= 15 is 0 Å². The Labute approximate surface area is 112 Å². The minimum Gasteiger partial charge on any atom is -0.488 e. The number of unbranched alkanes of at least 4 members (excludes halogenated alkanes) is 3. The number of aliphatic hydroxyl groups excluding tert-OH is 1. The summed E-state index contributed by atoms with van der Waals surface area (Å²) in [5.74, 6) is -1.64. The van der Waals surface area contributed by atoms with Gasteiger partial charge in [-0.3, -0.25) is 0 Å². The van der Waals surface area contributed by atoms with Gasteiger partial charge >= 0.3 is 0 Å². The van der Waals surface area contributed by atoms with Crippen molar-refractivity contribution < 1.29 is 18.6 Å². The van der Waals surface area contributed by atoms with Crippen LogP contribution >= 0.6 is 0 Å². The average Bonchev–Trinajstić information content (AvgIpc) is 2.36. The molecule has 0 amide bonds. The van der Waals surface area contributed by atoms with Crippen molar-refractivity contribution in [1.82, 2.24) is 5.32 Å². The van der Waals surface area contributed by atoms with Gasteiger partial charge in [0.25, 0.3) is 0 Å². The van der Waals surface area contributed by atoms with Gasteiger partial charge < -0.3 is 15.2 Å². The molecule has 1 aromatic rings. The molecule has 0 aliphatic rings. The molecule has 5 heteroatoms. The van der Waals surface area contributed by atoms with E-state index in [1.165, 1.54) is 12.1 Å². The predicted octanol–water partition coefficient (Wildman–Crippen LogP) is 2.62. The van der Waals surface area contributed by atoms with Gasteiger partial charge in [0.1, 0.15) is 0 Å². The van der Waals surface area contributed by atoms with Crippen LogP contribution in [-0.4, -0.2) is 25.4 Å². The Bertz CT molecular complexity index is 363. The van der Waals surface area contributed by atoms with Crippen LogP contribution < -0.4 is 10.1 Å². The molecule has 0 spiro atoms. The second-order valence-electron chi connectivity index (χ2n) is 4.41. The van der Waals surface area contributed by atoms with E-state index in [9.17, 15) is 8.78 Å². The first-order chi connectivity index (χ1) is 9.19. The molecule has 0 unspecified atom stereocenters. The monoisotopic (exact) mass is 273 g/mol. The van der Waals surface area contributed by atoms with E-state index in [-0.39, 0.29) is 19.0 Å². The van der Waals surface area contributed by atoms with Crippen molar-refractivity contribution in [2.75, 3.05) is 20.3 Å². The van der Waals surface area contributed by atoms with Crippen molar-refractivity contribution >= 4 is 0 Å². The molecule has 0 aromatic heterocycles. The van der Waals surface area contributed by atoms with Crippen molar-refractivity contribution in [3.8, 4) is 5.75 Å². The lowest BCUT2D eigenvalue weighted by atomic mass is 10.2. The Morgan fingerprint density at radius 1 is 1.11 bits per heavy atom. The molecule has 0 radical (unpaired) electrons. The summed E-state index contributed by atoms with van der Waals surface area (Å²) < 4.78 is 32.4. The van der Waals surface area contributed by atoms with Crippen LogP contribution in [0.3, 0.4) is 0 Å². The standard InChI is InChI=1S/C14H21F2NO2/c1-17-10-11-8-12(15)14(13(16)9-11)19-7-5-3-2-4-6-18/h8-9,17-18H,2-7,10H2,1H3. The molecule has 0 aliphatic carbocycles. The molecule has 2 N–H and O–H groups in total. The van der Waals surface area contributed by atoms with Gasteiger partial charge in [-0.15, -0.1) is 0 Å². The molecular weight excluding hydrogens is 252 g/mol. The van der Waals surface area contributed by atoms with Crippen LogP contribution in [-0.2, 0) is 6.54 Å². The smallest absolute Gasteiger partial charge is 0.190 e. The molecule has 3 nitrogen and oxygen atoms in total. The highest BCUT2D eigenvalue weighted by Gasteiger charge is 2.12. The van der Waals surface area contributed by atoms with E-state index in [1.54, 1.807) is 7.05 Å². The van der Waals surface area contributed by atoms with Crippen LogP contribution in [0.15, 0.2) is 12.1 Å². The summed E-state index contributed by atoms with van der Waals surface area (Å²) in [6.07, 6.45) is 3.24. The fraction of sp³-hybridized carbons (Fsp3) is 0.571. The zero-order valence-electron chi connectivity index (χ0n) is 11.2. The highest BCUT2D eigenvalue weighted by atomic mass is 19.1. The molecule has 0 saturated heterocycles. The second-order valence-corrected chi connectivity index (χ2v) is 4.41. The van der Waals surface area contributed by atoms with E-state index in [2.05, 4.69) is 5.32 Å². The van der Waals surface area contributed by atoms with E-state index < -0.39 is 11.6 Å². The Kier molecular flexibility index (Phi) is 7.36. The zero-order valence-corrected chi connectivity index (χ0v) is 11.2. The molecule has 0 saturated carbocycles. The summed E-state index contributed by atoms with van der Waals surface area (Å²) >= 11 is 0. The summed E-state index contributed by atoms with van der Waals surface area (Å²) in [4.78, 5) is 0. The van der Waals surface area contributed by atoms with E-state index in [0.29, 0.717) is 12.1 Å². The number of aliphatic hydroxyl groups is 1. The number of rotatable bonds is 9. The van der Waals surface area contributed by atoms with Gasteiger partial charge in [0.15, 0.2) is 17.4 Å². The van der Waals surface area contributed by atoms with Gasteiger partial charge in [0, 0.05) is 13.2 Å². The molecule has 0 aliphatic heterocycles. The van der Waals surface area contributed by atoms with Crippen molar-refractivity contribution in [3.05, 3.63) is 29.3 Å². The first-order valence-corrected chi connectivity index (χ1v) is 6.55. The lowest BCUT2D eigenvalue weighted by Gasteiger charge is -2.10. The normalized spacial score (nSPS) is 10.7. The van der Waals surface area contributed by atoms with Crippen molar-refractivity contribution in [3.63, 3.8) is 0 Å². The van der Waals surface area contributed by atoms with E-state index in [0.717, 1.165) is 25.7 Å². The Balaban J connectivity index is 2.45. The fourth-order valence-corrected chi connectivity index (χ4v) is 1.80. The number of hydrogen-bond donors (Lipinski definition) is 2. The Morgan fingerprint density at radius 3 is 2.32 bits per heavy atom. The highest BCUT2D eigenvalue weighted by molar-refractivity contribution is 5.31. The Hall–Kier alpha value is -1.20. The molecule has 0 heterocycles. The first kappa shape index (κ1) is 15.9. The maximum atomic E-state index is 13.6. The van der Waals surface area contributed by atoms with Crippen molar-refractivity contribution in [2.24, 2.45) is 0 Å². The summed E-state index contributed by atoms with van der Waals surface area (Å²) in [5, 5.41) is 11.4. The number of benzene rings is 1. The fourth-order valence-electron chi connectivity index (χ4n) is 1.80. The van der Waals surface area contributed by atoms with Gasteiger partial charge in [-0.05, 0) is 44.0 Å². The van der Waals surface area contributed by atoms with E-state index in [4.69, 9.17) is 9.84 Å². The molecule has 0 bridgehead atoms. The van der Waals surface area contributed by atoms with Gasteiger partial charge in [0.05, 0.1) is 6.61 Å². The van der Waals surface area contributed by atoms with Gasteiger partial charge in [-0.25, -0.2) is 8.78 Å². The SMILES string of the molecule is CNCc1cc(F)c(OCCCCCCO)c(F)c1. The number of nitrogens with one attached hydrogen (secondary N) is 1. The van der Waals surface area contributed by atoms with Crippen molar-refractivity contribution in [2.45, 2.75) is 32.2 Å². The maximum absolute atomic E-state index is 13.6. The van der Waals surface area contributed by atoms with Gasteiger partial charge in [-0.1, -0.05) is 6.42 Å². The largest absolute Gasteiger partial charge is 0.488 e. The number of ether oxygens (including phenoxy) is 1. The lowest BCUT2D eigenvalue weighted by molar-refractivity contribution is 0.263. The van der Waals surface area contributed by atoms with Gasteiger partial charge in [0.2, 0.25) is 0 Å². The highest BCUT2D eigenvalue weighted by Crippen LogP contribution is 2.23. The topological polar surface area (TPSA) is 41.5 Å². The maximum Gasteiger partial charge on any atom is 0.190 e. The van der Waals surface area contributed by atoms with Crippen LogP contribution in [0, 0.1) is 11.6 Å². The van der Waals surface area contributed by atoms with Crippen molar-refractivity contribution in [1.29, 1.82) is 0 Å².